The second-order valence-corrected chi connectivity index (χ2v) is 11.5. The number of benzodiazepines with no additional fused rings is 1. The average molecular weight is 585 g/mol. The number of carbonyl (C=O) groups is 3. The van der Waals surface area contributed by atoms with Gasteiger partial charge in [0.2, 0.25) is 18.0 Å². The molecule has 3 aliphatic rings. The minimum atomic E-state index is -4.51. The lowest BCUT2D eigenvalue weighted by Crippen LogP contribution is -2.62. The molecule has 2 aromatic rings. The number of para-hydroxylation sites is 1. The van der Waals surface area contributed by atoms with Crippen molar-refractivity contribution < 1.29 is 32.7 Å². The van der Waals surface area contributed by atoms with Crippen LogP contribution >= 0.6 is 0 Å². The number of rotatable bonds is 6. The number of alkyl halides is 3. The number of aliphatic hydroxyl groups excluding tert-OH is 1. The van der Waals surface area contributed by atoms with Gasteiger partial charge in [-0.2, -0.15) is 13.2 Å². The molecule has 224 valence electrons. The number of carbonyl (C=O) groups excluding carboxylic acids is 3. The van der Waals surface area contributed by atoms with Gasteiger partial charge in [0.25, 0.3) is 5.91 Å². The van der Waals surface area contributed by atoms with Gasteiger partial charge in [-0.05, 0) is 49.8 Å². The number of hydrogen-bond acceptors (Lipinski definition) is 5. The van der Waals surface area contributed by atoms with Crippen molar-refractivity contribution in [1.82, 2.24) is 10.6 Å². The topological polar surface area (TPSA) is 111 Å². The summed E-state index contributed by atoms with van der Waals surface area (Å²) in [5.41, 5.74) is -0.533. The van der Waals surface area contributed by atoms with Gasteiger partial charge in [-0.3, -0.25) is 14.4 Å². The molecule has 0 bridgehead atoms. The number of nitrogens with one attached hydrogen (secondary N) is 2. The van der Waals surface area contributed by atoms with E-state index < -0.39 is 47.3 Å². The third-order valence-corrected chi connectivity index (χ3v) is 8.72. The third kappa shape index (κ3) is 5.92. The molecule has 8 nitrogen and oxygen atoms in total. The van der Waals surface area contributed by atoms with Gasteiger partial charge in [-0.15, -0.1) is 0 Å². The molecular weight excluding hydrogens is 549 g/mol. The molecule has 42 heavy (non-hydrogen) atoms. The number of likely N-dealkylation sites (N-methyl/N-ethyl adjacent to an activating group) is 1. The van der Waals surface area contributed by atoms with Crippen molar-refractivity contribution >= 4 is 29.1 Å². The molecular formula is C31H35F3N4O4. The van der Waals surface area contributed by atoms with Crippen LogP contribution in [0, 0.1) is 5.92 Å². The molecule has 11 heteroatoms. The van der Waals surface area contributed by atoms with Crippen molar-refractivity contribution in [2.75, 3.05) is 11.9 Å². The van der Waals surface area contributed by atoms with Crippen molar-refractivity contribution in [3.8, 4) is 0 Å². The van der Waals surface area contributed by atoms with Gasteiger partial charge in [-0.1, -0.05) is 62.4 Å². The fourth-order valence-corrected chi connectivity index (χ4v) is 6.29. The SMILES string of the molecule is CN1C(=O)C(NC(=O)C2(NC(=O)[C@H](O)C3CCCCC3)CCCC2)N=C(c2ccc(C(F)(F)F)cc2)c2ccccc21. The minimum Gasteiger partial charge on any atom is -0.383 e. The molecule has 1 heterocycles. The van der Waals surface area contributed by atoms with Gasteiger partial charge < -0.3 is 20.6 Å². The molecule has 0 radical (unpaired) electrons. The number of anilines is 1. The Balaban J connectivity index is 1.44. The second-order valence-electron chi connectivity index (χ2n) is 11.5. The lowest BCUT2D eigenvalue weighted by molar-refractivity contribution is -0.140. The van der Waals surface area contributed by atoms with Crippen LogP contribution in [0.4, 0.5) is 18.9 Å². The summed E-state index contributed by atoms with van der Waals surface area (Å²) in [6, 6.07) is 11.4. The Morgan fingerprint density at radius 2 is 1.64 bits per heavy atom. The van der Waals surface area contributed by atoms with Crippen molar-refractivity contribution in [3.63, 3.8) is 0 Å². The van der Waals surface area contributed by atoms with Crippen molar-refractivity contribution in [3.05, 3.63) is 65.2 Å². The Labute approximate surface area is 242 Å². The second kappa shape index (κ2) is 11.9. The zero-order valence-corrected chi connectivity index (χ0v) is 23.4. The number of fused-ring (bicyclic) bond motifs is 1. The van der Waals surface area contributed by atoms with E-state index in [2.05, 4.69) is 15.6 Å². The Hall–Kier alpha value is -3.73. The molecule has 3 N–H and O–H groups in total. The first kappa shape index (κ1) is 29.8. The molecule has 0 spiro atoms. The van der Waals surface area contributed by atoms with Crippen molar-refractivity contribution in [1.29, 1.82) is 0 Å². The van der Waals surface area contributed by atoms with Crippen LogP contribution in [0.15, 0.2) is 53.5 Å². The molecule has 0 saturated heterocycles. The number of aliphatic imine (C=N–C) groups is 1. The molecule has 5 rings (SSSR count). The standard InChI is InChI=1S/C31H35F3N4O4/c1-38-23-12-6-5-11-22(23)24(19-13-15-21(16-14-19)31(32,33)34)35-26(28(38)41)36-29(42)30(17-7-8-18-30)37-27(40)25(39)20-9-3-2-4-10-20/h5-6,11-16,20,25-26,39H,2-4,7-10,17-18H2,1H3,(H,36,42)(H,37,40)/t25-,26?/m1/s1. The highest BCUT2D eigenvalue weighted by Gasteiger charge is 2.46. The van der Waals surface area contributed by atoms with E-state index in [1.54, 1.807) is 31.3 Å². The number of nitrogens with zero attached hydrogens (tertiary/aromatic N) is 2. The van der Waals surface area contributed by atoms with E-state index in [0.29, 0.717) is 42.5 Å². The summed E-state index contributed by atoms with van der Waals surface area (Å²) in [6.07, 6.45) is -0.642. The molecule has 0 aromatic heterocycles. The fourth-order valence-electron chi connectivity index (χ4n) is 6.29. The lowest BCUT2D eigenvalue weighted by Gasteiger charge is -2.33. The van der Waals surface area contributed by atoms with Gasteiger partial charge >= 0.3 is 6.18 Å². The summed E-state index contributed by atoms with van der Waals surface area (Å²) in [5, 5.41) is 16.3. The van der Waals surface area contributed by atoms with Gasteiger partial charge in [0.15, 0.2) is 0 Å². The summed E-state index contributed by atoms with van der Waals surface area (Å²) in [5.74, 6) is -1.88. The Morgan fingerprint density at radius 1 is 1.00 bits per heavy atom. The predicted molar refractivity (Wildman–Crippen MR) is 151 cm³/mol. The zero-order valence-electron chi connectivity index (χ0n) is 23.4. The highest BCUT2D eigenvalue weighted by molar-refractivity contribution is 6.20. The van der Waals surface area contributed by atoms with E-state index in [9.17, 15) is 32.7 Å². The molecule has 3 amide bonds. The summed E-state index contributed by atoms with van der Waals surface area (Å²) >= 11 is 0. The number of aliphatic hydroxyl groups is 1. The zero-order chi connectivity index (χ0) is 30.1. The van der Waals surface area contributed by atoms with Gasteiger partial charge in [-0.25, -0.2) is 4.99 Å². The van der Waals surface area contributed by atoms with Crippen LogP contribution in [-0.4, -0.2) is 53.4 Å². The van der Waals surface area contributed by atoms with E-state index in [4.69, 9.17) is 0 Å². The number of hydrogen-bond donors (Lipinski definition) is 3. The van der Waals surface area contributed by atoms with Crippen LogP contribution < -0.4 is 15.5 Å². The van der Waals surface area contributed by atoms with Crippen LogP contribution in [0.3, 0.4) is 0 Å². The number of benzene rings is 2. The Bertz CT molecular complexity index is 1360. The molecule has 2 saturated carbocycles. The monoisotopic (exact) mass is 584 g/mol. The smallest absolute Gasteiger partial charge is 0.383 e. The van der Waals surface area contributed by atoms with E-state index >= 15 is 0 Å². The Morgan fingerprint density at radius 3 is 2.29 bits per heavy atom. The van der Waals surface area contributed by atoms with Crippen LogP contribution in [0.25, 0.3) is 0 Å². The van der Waals surface area contributed by atoms with Crippen LogP contribution in [-0.2, 0) is 20.6 Å². The molecule has 2 atom stereocenters. The van der Waals surface area contributed by atoms with Gasteiger partial charge in [0.1, 0.15) is 11.6 Å². The summed E-state index contributed by atoms with van der Waals surface area (Å²) in [7, 11) is 1.54. The first-order valence-electron chi connectivity index (χ1n) is 14.4. The molecule has 2 aliphatic carbocycles. The molecule has 1 unspecified atom stereocenters. The first-order valence-corrected chi connectivity index (χ1v) is 14.4. The highest BCUT2D eigenvalue weighted by atomic mass is 19.4. The van der Waals surface area contributed by atoms with Gasteiger partial charge in [0, 0.05) is 18.2 Å². The summed E-state index contributed by atoms with van der Waals surface area (Å²) < 4.78 is 39.7. The number of amides is 3. The van der Waals surface area contributed by atoms with E-state index in [1.165, 1.54) is 17.0 Å². The molecule has 1 aliphatic heterocycles. The number of halogens is 3. The minimum absolute atomic E-state index is 0.160. The van der Waals surface area contributed by atoms with Crippen molar-refractivity contribution in [2.24, 2.45) is 10.9 Å². The fraction of sp³-hybridized carbons (Fsp3) is 0.484. The van der Waals surface area contributed by atoms with Crippen molar-refractivity contribution in [2.45, 2.75) is 81.8 Å². The quantitative estimate of drug-likeness (QED) is 0.470. The molecule has 2 aromatic carbocycles. The maximum atomic E-state index is 13.8. The van der Waals surface area contributed by atoms with E-state index in [1.807, 2.05) is 0 Å². The Kier molecular flexibility index (Phi) is 8.41. The average Bonchev–Trinajstić information content (AvgIpc) is 3.44. The lowest BCUT2D eigenvalue weighted by atomic mass is 9.84. The summed E-state index contributed by atoms with van der Waals surface area (Å²) in [6.45, 7) is 0. The maximum Gasteiger partial charge on any atom is 0.416 e. The highest BCUT2D eigenvalue weighted by Crippen LogP contribution is 2.34. The van der Waals surface area contributed by atoms with Gasteiger partial charge in [0.05, 0.1) is 17.0 Å². The molecule has 2 fully saturated rings. The third-order valence-electron chi connectivity index (χ3n) is 8.72. The summed E-state index contributed by atoms with van der Waals surface area (Å²) in [4.78, 5) is 46.5. The largest absolute Gasteiger partial charge is 0.416 e. The normalized spacial score (nSPS) is 21.6. The van der Waals surface area contributed by atoms with E-state index in [0.717, 1.165) is 44.2 Å². The maximum absolute atomic E-state index is 13.8. The predicted octanol–water partition coefficient (Wildman–Crippen LogP) is 4.33. The van der Waals surface area contributed by atoms with Crippen LogP contribution in [0.1, 0.15) is 74.5 Å². The van der Waals surface area contributed by atoms with Crippen LogP contribution in [0.2, 0.25) is 0 Å². The van der Waals surface area contributed by atoms with E-state index in [-0.39, 0.29) is 11.6 Å². The van der Waals surface area contributed by atoms with Crippen LogP contribution in [0.5, 0.6) is 0 Å². The first-order chi connectivity index (χ1) is 20.0.